The number of fused-ring (bicyclic) bond motifs is 11. The molecule has 0 atom stereocenters. The standard InChI is InChI=1S/C50H30N4O/c1-3-15-31(16-4-1)45-39-21-7-10-25-41(39)51-50(52-45)40-24-13-22-37-38-23-14-28-44(49(38)55-48(37)40)54-43-27-12-9-20-34(43)36-30-29-35-33-19-8-11-26-42(33)53(46(35)47(36)54)32-17-5-2-6-18-32/h1-30H. The van der Waals surface area contributed by atoms with E-state index in [1.54, 1.807) is 0 Å². The van der Waals surface area contributed by atoms with Crippen LogP contribution < -0.4 is 0 Å². The number of rotatable bonds is 4. The molecule has 0 aliphatic carbocycles. The Morgan fingerprint density at radius 1 is 0.382 bits per heavy atom. The van der Waals surface area contributed by atoms with Crippen LogP contribution in [0, 0.1) is 0 Å². The Hall–Kier alpha value is -7.50. The summed E-state index contributed by atoms with van der Waals surface area (Å²) in [6.07, 6.45) is 0. The minimum atomic E-state index is 0.634. The van der Waals surface area contributed by atoms with Gasteiger partial charge in [0.15, 0.2) is 11.4 Å². The van der Waals surface area contributed by atoms with Gasteiger partial charge in [0.05, 0.1) is 44.5 Å². The van der Waals surface area contributed by atoms with Crippen LogP contribution in [0.1, 0.15) is 0 Å². The third kappa shape index (κ3) is 4.29. The number of benzene rings is 8. The van der Waals surface area contributed by atoms with Crippen LogP contribution in [0.15, 0.2) is 186 Å². The van der Waals surface area contributed by atoms with Gasteiger partial charge in [0.2, 0.25) is 0 Å². The Morgan fingerprint density at radius 2 is 0.945 bits per heavy atom. The average Bonchev–Trinajstić information content (AvgIpc) is 3.92. The lowest BCUT2D eigenvalue weighted by atomic mass is 10.0. The Kier molecular flexibility index (Phi) is 6.27. The normalized spacial score (nSPS) is 12.0. The lowest BCUT2D eigenvalue weighted by Gasteiger charge is -2.12. The van der Waals surface area contributed by atoms with Crippen LogP contribution in [0.4, 0.5) is 0 Å². The summed E-state index contributed by atoms with van der Waals surface area (Å²) in [6.45, 7) is 0. The second-order valence-corrected chi connectivity index (χ2v) is 14.1. The second-order valence-electron chi connectivity index (χ2n) is 14.1. The number of para-hydroxylation sites is 6. The van der Waals surface area contributed by atoms with Crippen LogP contribution in [0.25, 0.3) is 110 Å². The quantitative estimate of drug-likeness (QED) is 0.183. The molecule has 0 aliphatic rings. The van der Waals surface area contributed by atoms with Gasteiger partial charge >= 0.3 is 0 Å². The molecule has 8 aromatic carbocycles. The first-order valence-corrected chi connectivity index (χ1v) is 18.6. The van der Waals surface area contributed by atoms with Crippen molar-refractivity contribution in [2.45, 2.75) is 0 Å². The molecule has 0 aliphatic heterocycles. The molecular formula is C50H30N4O. The zero-order valence-electron chi connectivity index (χ0n) is 29.5. The predicted octanol–water partition coefficient (Wildman–Crippen LogP) is 13.1. The van der Waals surface area contributed by atoms with Gasteiger partial charge in [0.1, 0.15) is 5.58 Å². The van der Waals surface area contributed by atoms with Crippen LogP contribution in [0.2, 0.25) is 0 Å². The molecule has 0 fully saturated rings. The van der Waals surface area contributed by atoms with Gasteiger partial charge in [-0.1, -0.05) is 140 Å². The van der Waals surface area contributed by atoms with Gasteiger partial charge in [-0.15, -0.1) is 0 Å². The molecular weight excluding hydrogens is 673 g/mol. The number of hydrogen-bond donors (Lipinski definition) is 0. The van der Waals surface area contributed by atoms with Crippen molar-refractivity contribution in [2.75, 3.05) is 0 Å². The molecule has 0 saturated heterocycles. The van der Waals surface area contributed by atoms with E-state index in [0.717, 1.165) is 77.6 Å². The van der Waals surface area contributed by atoms with Crippen molar-refractivity contribution in [3.63, 3.8) is 0 Å². The highest BCUT2D eigenvalue weighted by Gasteiger charge is 2.24. The molecule has 0 amide bonds. The first kappa shape index (κ1) is 30.0. The summed E-state index contributed by atoms with van der Waals surface area (Å²) < 4.78 is 12.0. The molecule has 4 aromatic heterocycles. The summed E-state index contributed by atoms with van der Waals surface area (Å²) >= 11 is 0. The van der Waals surface area contributed by atoms with E-state index in [0.29, 0.717) is 5.82 Å². The lowest BCUT2D eigenvalue weighted by Crippen LogP contribution is -1.98. The van der Waals surface area contributed by atoms with Gasteiger partial charge in [-0.25, -0.2) is 9.97 Å². The zero-order valence-corrected chi connectivity index (χ0v) is 29.5. The lowest BCUT2D eigenvalue weighted by molar-refractivity contribution is 0.667. The van der Waals surface area contributed by atoms with Crippen molar-refractivity contribution >= 4 is 76.5 Å². The minimum absolute atomic E-state index is 0.634. The number of hydrogen-bond acceptors (Lipinski definition) is 3. The van der Waals surface area contributed by atoms with Crippen LogP contribution in [-0.4, -0.2) is 19.1 Å². The van der Waals surface area contributed by atoms with Gasteiger partial charge < -0.3 is 13.6 Å². The summed E-state index contributed by atoms with van der Waals surface area (Å²) in [4.78, 5) is 10.4. The van der Waals surface area contributed by atoms with Crippen molar-refractivity contribution in [1.29, 1.82) is 0 Å². The summed E-state index contributed by atoms with van der Waals surface area (Å²) in [7, 11) is 0. The van der Waals surface area contributed by atoms with E-state index >= 15 is 0 Å². The highest BCUT2D eigenvalue weighted by molar-refractivity contribution is 6.24. The molecule has 0 radical (unpaired) electrons. The van der Waals surface area contributed by atoms with E-state index in [2.05, 4.69) is 173 Å². The SMILES string of the molecule is c1ccc(-c2nc(-c3cccc4c3oc3c(-n5c6ccccc6c6ccc7c8ccccc8n(-c8ccccc8)c7c65)cccc34)nc3ccccc23)cc1. The molecule has 0 saturated carbocycles. The molecule has 12 aromatic rings. The Balaban J connectivity index is 1.18. The van der Waals surface area contributed by atoms with E-state index in [1.807, 2.05) is 18.2 Å². The monoisotopic (exact) mass is 702 g/mol. The third-order valence-corrected chi connectivity index (χ3v) is 11.1. The van der Waals surface area contributed by atoms with Gasteiger partial charge in [-0.3, -0.25) is 0 Å². The van der Waals surface area contributed by atoms with Gasteiger partial charge in [-0.05, 0) is 42.5 Å². The van der Waals surface area contributed by atoms with Crippen LogP contribution in [-0.2, 0) is 0 Å². The maximum absolute atomic E-state index is 7.13. The zero-order chi connectivity index (χ0) is 36.0. The molecule has 0 N–H and O–H groups in total. The number of aromatic nitrogens is 4. The Labute approximate surface area is 315 Å². The van der Waals surface area contributed by atoms with Crippen molar-refractivity contribution in [1.82, 2.24) is 19.1 Å². The van der Waals surface area contributed by atoms with E-state index in [4.69, 9.17) is 14.4 Å². The predicted molar refractivity (Wildman–Crippen MR) is 226 cm³/mol. The summed E-state index contributed by atoms with van der Waals surface area (Å²) in [5, 5.41) is 7.89. The fourth-order valence-corrected chi connectivity index (χ4v) is 8.77. The molecule has 0 spiro atoms. The maximum Gasteiger partial charge on any atom is 0.164 e. The minimum Gasteiger partial charge on any atom is -0.453 e. The van der Waals surface area contributed by atoms with Crippen molar-refractivity contribution in [3.05, 3.63) is 182 Å². The van der Waals surface area contributed by atoms with E-state index < -0.39 is 0 Å². The highest BCUT2D eigenvalue weighted by Crippen LogP contribution is 2.44. The Bertz CT molecular complexity index is 3480. The molecule has 256 valence electrons. The first-order chi connectivity index (χ1) is 27.3. The number of nitrogens with zero attached hydrogens (tertiary/aromatic N) is 4. The average molecular weight is 703 g/mol. The first-order valence-electron chi connectivity index (χ1n) is 18.6. The van der Waals surface area contributed by atoms with Gasteiger partial charge in [0.25, 0.3) is 0 Å². The molecule has 4 heterocycles. The van der Waals surface area contributed by atoms with E-state index in [-0.39, 0.29) is 0 Å². The molecule has 12 rings (SSSR count). The van der Waals surface area contributed by atoms with E-state index in [1.165, 1.54) is 27.1 Å². The summed E-state index contributed by atoms with van der Waals surface area (Å²) in [6, 6.07) is 64.0. The largest absolute Gasteiger partial charge is 0.453 e. The van der Waals surface area contributed by atoms with Gasteiger partial charge in [-0.2, -0.15) is 0 Å². The molecule has 5 nitrogen and oxygen atoms in total. The Morgan fingerprint density at radius 3 is 1.69 bits per heavy atom. The van der Waals surface area contributed by atoms with Crippen LogP contribution >= 0.6 is 0 Å². The fourth-order valence-electron chi connectivity index (χ4n) is 8.77. The summed E-state index contributed by atoms with van der Waals surface area (Å²) in [5.41, 5.74) is 12.0. The highest BCUT2D eigenvalue weighted by atomic mass is 16.3. The van der Waals surface area contributed by atoms with Crippen molar-refractivity contribution in [3.8, 4) is 34.0 Å². The second kappa shape index (κ2) is 11.5. The van der Waals surface area contributed by atoms with Crippen molar-refractivity contribution in [2.24, 2.45) is 0 Å². The molecule has 0 bridgehead atoms. The van der Waals surface area contributed by atoms with Crippen LogP contribution in [0.3, 0.4) is 0 Å². The van der Waals surface area contributed by atoms with Crippen molar-refractivity contribution < 1.29 is 4.42 Å². The van der Waals surface area contributed by atoms with Gasteiger partial charge in [0, 0.05) is 49.0 Å². The molecule has 5 heteroatoms. The van der Waals surface area contributed by atoms with E-state index in [9.17, 15) is 0 Å². The maximum atomic E-state index is 7.13. The smallest absolute Gasteiger partial charge is 0.164 e. The molecule has 55 heavy (non-hydrogen) atoms. The number of furan rings is 1. The molecule has 0 unspecified atom stereocenters. The van der Waals surface area contributed by atoms with Crippen LogP contribution in [0.5, 0.6) is 0 Å². The summed E-state index contributed by atoms with van der Waals surface area (Å²) in [5.74, 6) is 0.634. The topological polar surface area (TPSA) is 48.8 Å². The third-order valence-electron chi connectivity index (χ3n) is 11.1. The fraction of sp³-hybridized carbons (Fsp3) is 0.